The van der Waals surface area contributed by atoms with Crippen LogP contribution in [-0.4, -0.2) is 12.5 Å². The molecule has 1 heterocycles. The van der Waals surface area contributed by atoms with E-state index < -0.39 is 0 Å². The smallest absolute Gasteiger partial charge is 0.201 e. The van der Waals surface area contributed by atoms with Crippen molar-refractivity contribution in [2.24, 2.45) is 7.05 Å². The molecule has 1 aromatic rings. The van der Waals surface area contributed by atoms with Crippen LogP contribution in [0.3, 0.4) is 0 Å². The van der Waals surface area contributed by atoms with Crippen molar-refractivity contribution in [3.8, 4) is 0 Å². The molecule has 3 heteroatoms. The van der Waals surface area contributed by atoms with E-state index in [9.17, 15) is 0 Å². The molecule has 13 heavy (non-hydrogen) atoms. The van der Waals surface area contributed by atoms with E-state index in [1.54, 1.807) is 23.5 Å². The number of hydrogen-bond donors (Lipinski definition) is 0. The van der Waals surface area contributed by atoms with E-state index in [0.29, 0.717) is 0 Å². The van der Waals surface area contributed by atoms with Crippen LogP contribution in [0.1, 0.15) is 5.69 Å². The largest absolute Gasteiger partial charge is 0.206 e. The molecule has 1 nitrogen and oxygen atoms in total. The molecule has 0 saturated carbocycles. The highest BCUT2D eigenvalue weighted by molar-refractivity contribution is 8.21. The standard InChI is InChI=1S/C10H14NS2/c1-11-7-5-4-6-9(11)8-10(12-2)13-3/h4-8H,1-3H3/q+1. The maximum absolute atomic E-state index is 2.20. The first kappa shape index (κ1) is 10.7. The van der Waals surface area contributed by atoms with Crippen LogP contribution in [-0.2, 0) is 7.05 Å². The van der Waals surface area contributed by atoms with E-state index in [-0.39, 0.29) is 0 Å². The quantitative estimate of drug-likeness (QED) is 0.709. The Morgan fingerprint density at radius 3 is 2.54 bits per heavy atom. The summed E-state index contributed by atoms with van der Waals surface area (Å²) in [5, 5.41) is 0. The Bertz CT molecular complexity index is 302. The Morgan fingerprint density at radius 1 is 1.31 bits per heavy atom. The van der Waals surface area contributed by atoms with E-state index in [2.05, 4.69) is 48.5 Å². The van der Waals surface area contributed by atoms with E-state index >= 15 is 0 Å². The maximum Gasteiger partial charge on any atom is 0.206 e. The van der Waals surface area contributed by atoms with Crippen LogP contribution in [0.5, 0.6) is 0 Å². The predicted octanol–water partition coefficient (Wildman–Crippen LogP) is 2.54. The molecule has 0 fully saturated rings. The topological polar surface area (TPSA) is 3.88 Å². The summed E-state index contributed by atoms with van der Waals surface area (Å²) >= 11 is 3.57. The predicted molar refractivity (Wildman–Crippen MR) is 62.6 cm³/mol. The van der Waals surface area contributed by atoms with Crippen molar-refractivity contribution in [2.75, 3.05) is 12.5 Å². The molecule has 0 spiro atoms. The summed E-state index contributed by atoms with van der Waals surface area (Å²) in [6.07, 6.45) is 8.47. The SMILES string of the molecule is CSC(=Cc1cccc[n+]1C)SC. The Morgan fingerprint density at radius 2 is 2.00 bits per heavy atom. The number of nitrogens with zero attached hydrogens (tertiary/aromatic N) is 1. The van der Waals surface area contributed by atoms with Gasteiger partial charge in [-0.3, -0.25) is 0 Å². The van der Waals surface area contributed by atoms with Crippen molar-refractivity contribution in [3.05, 3.63) is 34.3 Å². The minimum Gasteiger partial charge on any atom is -0.201 e. The van der Waals surface area contributed by atoms with Gasteiger partial charge in [0.15, 0.2) is 6.20 Å². The first-order valence-electron chi connectivity index (χ1n) is 4.02. The molecule has 0 saturated heterocycles. The summed E-state index contributed by atoms with van der Waals surface area (Å²) in [7, 11) is 2.06. The average Bonchev–Trinajstić information content (AvgIpc) is 2.17. The van der Waals surface area contributed by atoms with Crippen LogP contribution >= 0.6 is 23.5 Å². The number of rotatable bonds is 3. The summed E-state index contributed by atoms with van der Waals surface area (Å²) < 4.78 is 3.45. The molecule has 0 N–H and O–H groups in total. The van der Waals surface area contributed by atoms with Crippen LogP contribution in [0, 0.1) is 0 Å². The van der Waals surface area contributed by atoms with Crippen molar-refractivity contribution in [1.29, 1.82) is 0 Å². The molecule has 0 radical (unpaired) electrons. The second-order valence-electron chi connectivity index (χ2n) is 2.61. The zero-order chi connectivity index (χ0) is 9.68. The third-order valence-corrected chi connectivity index (χ3v) is 3.80. The molecular weight excluding hydrogens is 198 g/mol. The van der Waals surface area contributed by atoms with Crippen LogP contribution in [0.15, 0.2) is 28.6 Å². The van der Waals surface area contributed by atoms with Crippen LogP contribution < -0.4 is 4.57 Å². The normalized spacial score (nSPS) is 9.77. The van der Waals surface area contributed by atoms with Gasteiger partial charge in [0.05, 0.1) is 0 Å². The zero-order valence-corrected chi connectivity index (χ0v) is 9.78. The van der Waals surface area contributed by atoms with Crippen molar-refractivity contribution in [2.45, 2.75) is 0 Å². The molecule has 0 aliphatic heterocycles. The lowest BCUT2D eigenvalue weighted by atomic mass is 10.3. The van der Waals surface area contributed by atoms with Gasteiger partial charge in [-0.15, -0.1) is 23.5 Å². The molecule has 1 aromatic heterocycles. The second kappa shape index (κ2) is 5.35. The molecule has 0 bridgehead atoms. The lowest BCUT2D eigenvalue weighted by Gasteiger charge is -1.97. The fourth-order valence-corrected chi connectivity index (χ4v) is 2.15. The van der Waals surface area contributed by atoms with Crippen molar-refractivity contribution in [1.82, 2.24) is 0 Å². The third-order valence-electron chi connectivity index (χ3n) is 1.76. The number of hydrogen-bond acceptors (Lipinski definition) is 2. The van der Waals surface area contributed by atoms with Crippen molar-refractivity contribution < 1.29 is 4.57 Å². The minimum absolute atomic E-state index is 1.24. The van der Waals surface area contributed by atoms with Gasteiger partial charge in [0.1, 0.15) is 7.05 Å². The molecule has 70 valence electrons. The van der Waals surface area contributed by atoms with Crippen molar-refractivity contribution >= 4 is 29.6 Å². The average molecular weight is 212 g/mol. The summed E-state index contributed by atoms with van der Waals surface area (Å²) in [6.45, 7) is 0. The summed E-state index contributed by atoms with van der Waals surface area (Å²) in [5.74, 6) is 0. The lowest BCUT2D eigenvalue weighted by molar-refractivity contribution is -0.673. The Hall–Kier alpha value is -0.410. The monoisotopic (exact) mass is 212 g/mol. The highest BCUT2D eigenvalue weighted by Crippen LogP contribution is 2.24. The third kappa shape index (κ3) is 3.08. The minimum atomic E-state index is 1.24. The number of aryl methyl sites for hydroxylation is 1. The van der Waals surface area contributed by atoms with E-state index in [1.807, 2.05) is 6.07 Å². The second-order valence-corrected chi connectivity index (χ2v) is 4.56. The molecule has 0 unspecified atom stereocenters. The molecule has 0 atom stereocenters. The van der Waals surface area contributed by atoms with Gasteiger partial charge in [-0.2, -0.15) is 0 Å². The number of aromatic nitrogens is 1. The van der Waals surface area contributed by atoms with Crippen LogP contribution in [0.25, 0.3) is 6.08 Å². The molecule has 0 aliphatic rings. The van der Waals surface area contributed by atoms with Crippen molar-refractivity contribution in [3.63, 3.8) is 0 Å². The summed E-state index contributed by atoms with van der Waals surface area (Å²) in [6, 6.07) is 6.21. The maximum atomic E-state index is 2.20. The van der Waals surface area contributed by atoms with E-state index in [4.69, 9.17) is 0 Å². The van der Waals surface area contributed by atoms with Gasteiger partial charge in [0.25, 0.3) is 0 Å². The first-order chi connectivity index (χ1) is 6.27. The molecule has 0 amide bonds. The van der Waals surface area contributed by atoms with E-state index in [0.717, 1.165) is 0 Å². The van der Waals surface area contributed by atoms with Gasteiger partial charge in [-0.25, -0.2) is 4.57 Å². The Kier molecular flexibility index (Phi) is 4.39. The Labute approximate surface area is 88.2 Å². The number of pyridine rings is 1. The van der Waals surface area contributed by atoms with Gasteiger partial charge < -0.3 is 0 Å². The fourth-order valence-electron chi connectivity index (χ4n) is 1.01. The molecule has 0 aromatic carbocycles. The Balaban J connectivity index is 2.95. The van der Waals surface area contributed by atoms with Crippen LogP contribution in [0.2, 0.25) is 0 Å². The first-order valence-corrected chi connectivity index (χ1v) is 6.47. The summed E-state index contributed by atoms with van der Waals surface area (Å²) in [5.41, 5.74) is 1.24. The lowest BCUT2D eigenvalue weighted by Crippen LogP contribution is -2.30. The van der Waals surface area contributed by atoms with Crippen LogP contribution in [0.4, 0.5) is 0 Å². The van der Waals surface area contributed by atoms with E-state index in [1.165, 1.54) is 9.93 Å². The van der Waals surface area contributed by atoms with Gasteiger partial charge in [0, 0.05) is 22.4 Å². The zero-order valence-electron chi connectivity index (χ0n) is 8.15. The van der Waals surface area contributed by atoms with Gasteiger partial charge in [-0.05, 0) is 18.6 Å². The van der Waals surface area contributed by atoms with Gasteiger partial charge >= 0.3 is 0 Å². The highest BCUT2D eigenvalue weighted by atomic mass is 32.2. The fraction of sp³-hybridized carbons (Fsp3) is 0.300. The van der Waals surface area contributed by atoms with Gasteiger partial charge in [-0.1, -0.05) is 0 Å². The van der Waals surface area contributed by atoms with Gasteiger partial charge in [0.2, 0.25) is 5.69 Å². The molecule has 1 rings (SSSR count). The summed E-state index contributed by atoms with van der Waals surface area (Å²) in [4.78, 5) is 0. The molecular formula is C10H14NS2+. The number of thioether (sulfide) groups is 2. The highest BCUT2D eigenvalue weighted by Gasteiger charge is 2.02. The molecule has 0 aliphatic carbocycles.